The third-order valence-corrected chi connectivity index (χ3v) is 2.27. The van der Waals surface area contributed by atoms with Crippen LogP contribution in [0.4, 0.5) is 0 Å². The molecule has 18 heavy (non-hydrogen) atoms. The van der Waals surface area contributed by atoms with Crippen LogP contribution < -0.4 is 29.3 Å². The summed E-state index contributed by atoms with van der Waals surface area (Å²) in [6.07, 6.45) is 5.31. The number of unbranched alkanes of at least 4 members (excludes halogenated alkanes) is 2. The molecule has 0 aliphatic heterocycles. The van der Waals surface area contributed by atoms with Crippen LogP contribution in [0.1, 0.15) is 36.0 Å². The van der Waals surface area contributed by atoms with Crippen molar-refractivity contribution < 1.29 is 33.6 Å². The fourth-order valence-electron chi connectivity index (χ4n) is 1.37. The maximum atomic E-state index is 11.5. The second kappa shape index (κ2) is 9.69. The molecule has 1 amide bonds. The van der Waals surface area contributed by atoms with E-state index in [4.69, 9.17) is 0 Å². The first-order chi connectivity index (χ1) is 8.20. The van der Waals surface area contributed by atoms with Gasteiger partial charge in [0.1, 0.15) is 0 Å². The van der Waals surface area contributed by atoms with Crippen LogP contribution in [0.25, 0.3) is 0 Å². The summed E-state index contributed by atoms with van der Waals surface area (Å²) in [4.78, 5) is 25.5. The Morgan fingerprint density at radius 1 is 1.28 bits per heavy atom. The second-order valence-electron chi connectivity index (χ2n) is 3.68. The summed E-state index contributed by atoms with van der Waals surface area (Å²) in [5, 5.41) is 12.9. The van der Waals surface area contributed by atoms with E-state index in [1.54, 1.807) is 18.3 Å². The summed E-state index contributed by atoms with van der Waals surface area (Å²) in [5.41, 5.74) is 0.530. The topological polar surface area (TPSA) is 82.1 Å². The zero-order chi connectivity index (χ0) is 12.5. The van der Waals surface area contributed by atoms with Crippen molar-refractivity contribution in [3.8, 4) is 0 Å². The Hall–Kier alpha value is -1.31. The Balaban J connectivity index is 0.00000289. The van der Waals surface area contributed by atoms with Crippen molar-refractivity contribution in [2.24, 2.45) is 0 Å². The van der Waals surface area contributed by atoms with E-state index in [9.17, 15) is 14.7 Å². The van der Waals surface area contributed by atoms with E-state index in [0.717, 1.165) is 12.8 Å². The van der Waals surface area contributed by atoms with Crippen LogP contribution in [0.3, 0.4) is 0 Å². The fraction of sp³-hybridized carbons (Fsp3) is 0.417. The molecule has 0 bridgehead atoms. The van der Waals surface area contributed by atoms with E-state index in [2.05, 4.69) is 10.3 Å². The van der Waals surface area contributed by atoms with Gasteiger partial charge in [0.25, 0.3) is 5.91 Å². The van der Waals surface area contributed by atoms with Crippen molar-refractivity contribution in [2.45, 2.75) is 25.7 Å². The molecule has 0 unspecified atom stereocenters. The van der Waals surface area contributed by atoms with E-state index < -0.39 is 5.97 Å². The van der Waals surface area contributed by atoms with E-state index >= 15 is 0 Å². The number of carbonyl (C=O) groups excluding carboxylic acids is 2. The molecule has 1 aromatic heterocycles. The Morgan fingerprint density at radius 2 is 2.06 bits per heavy atom. The summed E-state index contributed by atoms with van der Waals surface area (Å²) in [5.74, 6) is -1.18. The number of aliphatic carboxylic acids is 1. The number of carboxylic acid groups (broad SMARTS) is 1. The van der Waals surface area contributed by atoms with Gasteiger partial charge >= 0.3 is 18.9 Å². The molecule has 0 saturated carbocycles. The molecule has 0 spiro atoms. The van der Waals surface area contributed by atoms with E-state index in [1.165, 1.54) is 6.20 Å². The smallest absolute Gasteiger partial charge is 0.550 e. The van der Waals surface area contributed by atoms with Crippen molar-refractivity contribution in [3.63, 3.8) is 0 Å². The molecule has 0 aliphatic rings. The number of hydrogen-bond acceptors (Lipinski definition) is 4. The van der Waals surface area contributed by atoms with Crippen LogP contribution in [0.5, 0.6) is 0 Å². The van der Waals surface area contributed by atoms with Crippen molar-refractivity contribution in [1.29, 1.82) is 0 Å². The number of nitrogens with zero attached hydrogens (tertiary/aromatic N) is 1. The minimum Gasteiger partial charge on any atom is -0.550 e. The average molecular weight is 242 g/mol. The van der Waals surface area contributed by atoms with Gasteiger partial charge in [0, 0.05) is 24.9 Å². The average Bonchev–Trinajstić information content (AvgIpc) is 2.34. The molecule has 1 aromatic rings. The summed E-state index contributed by atoms with van der Waals surface area (Å²) < 4.78 is 0. The van der Waals surface area contributed by atoms with Gasteiger partial charge in [0.2, 0.25) is 0 Å². The van der Waals surface area contributed by atoms with Gasteiger partial charge in [-0.25, -0.2) is 0 Å². The number of aromatic nitrogens is 1. The van der Waals surface area contributed by atoms with E-state index in [1.807, 2.05) is 0 Å². The van der Waals surface area contributed by atoms with Crippen molar-refractivity contribution in [2.75, 3.05) is 6.54 Å². The third-order valence-electron chi connectivity index (χ3n) is 2.27. The Labute approximate surface area is 118 Å². The first kappa shape index (κ1) is 16.7. The molecule has 92 valence electrons. The molecular formula is C12H15LiN2O3. The van der Waals surface area contributed by atoms with E-state index in [0.29, 0.717) is 18.5 Å². The van der Waals surface area contributed by atoms with Gasteiger partial charge in [-0.2, -0.15) is 0 Å². The van der Waals surface area contributed by atoms with Gasteiger partial charge in [-0.05, 0) is 31.4 Å². The molecule has 1 N–H and O–H groups in total. The third kappa shape index (κ3) is 7.10. The first-order valence-electron chi connectivity index (χ1n) is 5.58. The van der Waals surface area contributed by atoms with Gasteiger partial charge in [-0.3, -0.25) is 9.78 Å². The molecule has 6 heteroatoms. The van der Waals surface area contributed by atoms with Crippen molar-refractivity contribution in [1.82, 2.24) is 10.3 Å². The van der Waals surface area contributed by atoms with Gasteiger partial charge in [0.15, 0.2) is 0 Å². The minimum absolute atomic E-state index is 0. The van der Waals surface area contributed by atoms with Crippen LogP contribution >= 0.6 is 0 Å². The molecule has 1 rings (SSSR count). The number of pyridine rings is 1. The number of carboxylic acids is 1. The molecule has 1 heterocycles. The van der Waals surface area contributed by atoms with Crippen LogP contribution in [0, 0.1) is 0 Å². The van der Waals surface area contributed by atoms with Gasteiger partial charge < -0.3 is 15.2 Å². The number of amides is 1. The Morgan fingerprint density at radius 3 is 2.67 bits per heavy atom. The summed E-state index contributed by atoms with van der Waals surface area (Å²) in [6, 6.07) is 3.40. The molecule has 0 atom stereocenters. The fourth-order valence-corrected chi connectivity index (χ4v) is 1.37. The normalized spacial score (nSPS) is 9.33. The van der Waals surface area contributed by atoms with Crippen LogP contribution in [0.2, 0.25) is 0 Å². The van der Waals surface area contributed by atoms with Gasteiger partial charge in [-0.1, -0.05) is 6.42 Å². The van der Waals surface area contributed by atoms with Crippen molar-refractivity contribution in [3.05, 3.63) is 30.1 Å². The molecule has 0 radical (unpaired) electrons. The van der Waals surface area contributed by atoms with Gasteiger partial charge in [-0.15, -0.1) is 0 Å². The SMILES string of the molecule is O=C([O-])CCCCCNC(=O)c1cccnc1.[Li+]. The molecular weight excluding hydrogens is 227 g/mol. The van der Waals surface area contributed by atoms with Crippen LogP contribution in [0.15, 0.2) is 24.5 Å². The Bertz CT molecular complexity index is 371. The maximum absolute atomic E-state index is 11.5. The number of carbonyl (C=O) groups is 2. The van der Waals surface area contributed by atoms with E-state index in [-0.39, 0.29) is 31.2 Å². The summed E-state index contributed by atoms with van der Waals surface area (Å²) in [6.45, 7) is 0.542. The standard InChI is InChI=1S/C12H16N2O3.Li/c15-11(16)6-2-1-3-8-14-12(17)10-5-4-7-13-9-10;/h4-5,7,9H,1-3,6,8H2,(H,14,17)(H,15,16);/q;+1/p-1. The summed E-state index contributed by atoms with van der Waals surface area (Å²) >= 11 is 0. The van der Waals surface area contributed by atoms with Crippen molar-refractivity contribution >= 4 is 11.9 Å². The monoisotopic (exact) mass is 242 g/mol. The predicted molar refractivity (Wildman–Crippen MR) is 60.0 cm³/mol. The predicted octanol–water partition coefficient (Wildman–Crippen LogP) is -2.87. The van der Waals surface area contributed by atoms with Gasteiger partial charge in [0.05, 0.1) is 5.56 Å². The molecule has 5 nitrogen and oxygen atoms in total. The minimum atomic E-state index is -1.02. The number of hydrogen-bond donors (Lipinski definition) is 1. The first-order valence-corrected chi connectivity index (χ1v) is 5.58. The molecule has 0 aliphatic carbocycles. The molecule has 0 saturated heterocycles. The molecule has 0 fully saturated rings. The zero-order valence-corrected chi connectivity index (χ0v) is 10.5. The largest absolute Gasteiger partial charge is 1.00 e. The second-order valence-corrected chi connectivity index (χ2v) is 3.68. The van der Waals surface area contributed by atoms with Crippen LogP contribution in [-0.4, -0.2) is 23.4 Å². The quantitative estimate of drug-likeness (QED) is 0.411. The Kier molecular flexibility index (Phi) is 8.98. The molecule has 0 aromatic carbocycles. The summed E-state index contributed by atoms with van der Waals surface area (Å²) in [7, 11) is 0. The van der Waals surface area contributed by atoms with Crippen LogP contribution in [-0.2, 0) is 4.79 Å². The number of rotatable bonds is 7. The number of nitrogens with one attached hydrogen (secondary N) is 1. The zero-order valence-electron chi connectivity index (χ0n) is 10.5. The maximum Gasteiger partial charge on any atom is 1.00 e.